The maximum atomic E-state index is 13.2. The summed E-state index contributed by atoms with van der Waals surface area (Å²) in [5, 5.41) is 11.9. The van der Waals surface area contributed by atoms with Crippen LogP contribution in [0.3, 0.4) is 0 Å². The Kier molecular flexibility index (Phi) is 12.1. The van der Waals surface area contributed by atoms with Crippen LogP contribution in [0.4, 0.5) is 5.95 Å². The molecule has 0 spiro atoms. The summed E-state index contributed by atoms with van der Waals surface area (Å²) in [4.78, 5) is 61.4. The summed E-state index contributed by atoms with van der Waals surface area (Å²) in [6.45, 7) is 3.19. The van der Waals surface area contributed by atoms with Gasteiger partial charge in [0.15, 0.2) is 23.5 Å². The maximum absolute atomic E-state index is 13.2. The lowest BCUT2D eigenvalue weighted by atomic mass is 9.80. The van der Waals surface area contributed by atoms with Gasteiger partial charge in [0, 0.05) is 13.0 Å². The first kappa shape index (κ1) is 39.6. The van der Waals surface area contributed by atoms with Gasteiger partial charge in [0.05, 0.1) is 40.0 Å². The number of benzene rings is 3. The van der Waals surface area contributed by atoms with Crippen molar-refractivity contribution in [1.82, 2.24) is 19.5 Å². The zero-order valence-electron chi connectivity index (χ0n) is 31.5. The van der Waals surface area contributed by atoms with E-state index in [-0.39, 0.29) is 29.6 Å². The van der Waals surface area contributed by atoms with E-state index in [0.29, 0.717) is 11.5 Å². The van der Waals surface area contributed by atoms with Crippen LogP contribution in [0, 0.1) is 5.92 Å². The minimum atomic E-state index is -1.28. The molecule has 6 rings (SSSR count). The van der Waals surface area contributed by atoms with Crippen molar-refractivity contribution in [2.45, 2.75) is 56.8 Å². The predicted octanol–water partition coefficient (Wildman–Crippen LogP) is 4.43. The molecule has 3 aromatic carbocycles. The smallest absolute Gasteiger partial charge is 0.306 e. The Hall–Kier alpha value is -6.10. The number of imidazole rings is 1. The van der Waals surface area contributed by atoms with Gasteiger partial charge in [0.25, 0.3) is 5.56 Å². The molecule has 3 heterocycles. The fourth-order valence-corrected chi connectivity index (χ4v) is 6.59. The monoisotopic (exact) mass is 769 g/mol. The molecule has 0 unspecified atom stereocenters. The first-order valence-corrected chi connectivity index (χ1v) is 17.8. The lowest BCUT2D eigenvalue weighted by Gasteiger charge is -2.37. The van der Waals surface area contributed by atoms with Gasteiger partial charge < -0.3 is 33.5 Å². The number of aromatic amines is 1. The van der Waals surface area contributed by atoms with Crippen molar-refractivity contribution in [2.75, 3.05) is 33.3 Å². The molecular weight excluding hydrogens is 726 g/mol. The van der Waals surface area contributed by atoms with Gasteiger partial charge in [0.2, 0.25) is 11.9 Å². The van der Waals surface area contributed by atoms with Gasteiger partial charge in [-0.2, -0.15) is 4.98 Å². The maximum Gasteiger partial charge on any atom is 0.306 e. The quantitative estimate of drug-likeness (QED) is 0.0941. The second-order valence-electron chi connectivity index (χ2n) is 13.3. The third-order valence-corrected chi connectivity index (χ3v) is 9.48. The molecule has 1 saturated heterocycles. The number of aromatic nitrogens is 4. The number of carbonyl (C=O) groups excluding carboxylic acids is 2. The Balaban J connectivity index is 1.44. The Morgan fingerprint density at radius 1 is 0.893 bits per heavy atom. The molecule has 0 bridgehead atoms. The van der Waals surface area contributed by atoms with Crippen LogP contribution < -0.4 is 20.3 Å². The predicted molar refractivity (Wildman–Crippen MR) is 201 cm³/mol. The van der Waals surface area contributed by atoms with E-state index in [1.54, 1.807) is 28.1 Å². The minimum absolute atomic E-state index is 0.0391. The van der Waals surface area contributed by atoms with Gasteiger partial charge >= 0.3 is 11.9 Å². The normalized spacial score (nSPS) is 18.2. The number of carbonyl (C=O) groups is 3. The molecule has 1 amide bonds. The van der Waals surface area contributed by atoms with Gasteiger partial charge in [-0.1, -0.05) is 68.4 Å². The highest BCUT2D eigenvalue weighted by Crippen LogP contribution is 2.43. The van der Waals surface area contributed by atoms with Crippen molar-refractivity contribution in [3.63, 3.8) is 0 Å². The van der Waals surface area contributed by atoms with Crippen LogP contribution in [-0.4, -0.2) is 88.7 Å². The number of ether oxygens (including phenoxy) is 6. The van der Waals surface area contributed by atoms with Gasteiger partial charge in [-0.05, 0) is 41.0 Å². The lowest BCUT2D eigenvalue weighted by Crippen LogP contribution is -2.42. The van der Waals surface area contributed by atoms with Crippen molar-refractivity contribution in [1.29, 1.82) is 0 Å². The number of carboxylic acid groups (broad SMARTS) is 1. The molecule has 0 saturated carbocycles. The molecule has 3 N–H and O–H groups in total. The molecule has 2 aromatic heterocycles. The SMILES string of the molecule is COc1ccc(C(OC[C@H]2O[C@@H](n3cnc4c(=O)[nH]c(NC(=O)C(C)C)nc43)[C@H](OC)[C@@H]2OC(=O)CCC(=O)O)(c2ccccc2)c2ccc(OC)cc2)cc1. The van der Waals surface area contributed by atoms with Crippen LogP contribution >= 0.6 is 0 Å². The zero-order valence-corrected chi connectivity index (χ0v) is 31.5. The number of hydrogen-bond donors (Lipinski definition) is 3. The van der Waals surface area contributed by atoms with E-state index >= 15 is 0 Å². The molecular formula is C40H43N5O11. The summed E-state index contributed by atoms with van der Waals surface area (Å²) in [5.74, 6) is -1.56. The average Bonchev–Trinajstić information content (AvgIpc) is 3.79. The summed E-state index contributed by atoms with van der Waals surface area (Å²) in [5.41, 5.74) is 0.383. The van der Waals surface area contributed by atoms with E-state index in [4.69, 9.17) is 28.4 Å². The second-order valence-corrected chi connectivity index (χ2v) is 13.3. The minimum Gasteiger partial charge on any atom is -0.497 e. The highest BCUT2D eigenvalue weighted by Gasteiger charge is 2.50. The fourth-order valence-electron chi connectivity index (χ4n) is 6.59. The number of esters is 1. The summed E-state index contributed by atoms with van der Waals surface area (Å²) in [6.07, 6.45) is -3.82. The van der Waals surface area contributed by atoms with E-state index in [1.165, 1.54) is 18.0 Å². The molecule has 5 aromatic rings. The highest BCUT2D eigenvalue weighted by atomic mass is 16.6. The van der Waals surface area contributed by atoms with E-state index < -0.39 is 66.4 Å². The number of nitrogens with one attached hydrogen (secondary N) is 2. The lowest BCUT2D eigenvalue weighted by molar-refractivity contribution is -0.161. The molecule has 56 heavy (non-hydrogen) atoms. The fraction of sp³-hybridized carbons (Fsp3) is 0.350. The van der Waals surface area contributed by atoms with Gasteiger partial charge in [0.1, 0.15) is 29.3 Å². The van der Waals surface area contributed by atoms with Crippen molar-refractivity contribution >= 4 is 35.0 Å². The zero-order chi connectivity index (χ0) is 40.0. The van der Waals surface area contributed by atoms with Gasteiger partial charge in [-0.15, -0.1) is 0 Å². The van der Waals surface area contributed by atoms with Crippen LogP contribution in [-0.2, 0) is 38.9 Å². The number of anilines is 1. The molecule has 1 fully saturated rings. The topological polar surface area (TPSA) is 202 Å². The number of carboxylic acids is 1. The second kappa shape index (κ2) is 17.1. The molecule has 294 valence electrons. The number of amides is 1. The molecule has 16 heteroatoms. The largest absolute Gasteiger partial charge is 0.497 e. The molecule has 1 aliphatic heterocycles. The molecule has 1 aliphatic rings. The van der Waals surface area contributed by atoms with E-state index in [2.05, 4.69) is 20.3 Å². The van der Waals surface area contributed by atoms with Crippen LogP contribution in [0.5, 0.6) is 11.5 Å². The molecule has 4 atom stereocenters. The Morgan fingerprint density at radius 2 is 1.50 bits per heavy atom. The Bertz CT molecular complexity index is 2160. The highest BCUT2D eigenvalue weighted by molar-refractivity contribution is 5.91. The van der Waals surface area contributed by atoms with E-state index in [1.807, 2.05) is 78.9 Å². The standard InChI is InChI=1S/C40H43N5O11/c1-23(2)36(49)43-39-42-35-32(37(50)44-39)41-22-45(35)38-34(53-5)33(56-31(48)20-19-30(46)47)29(55-38)21-54-40(24-9-7-6-8-10-24,25-11-15-27(51-3)16-12-25)26-13-17-28(52-4)18-14-26/h6-18,22-23,29,33-34,38H,19-21H2,1-5H3,(H,46,47)(H2,42,43,44,49,50)/t29-,33-,34-,38-/m1/s1. The number of aliphatic carboxylic acids is 1. The van der Waals surface area contributed by atoms with Crippen molar-refractivity contribution in [2.24, 2.45) is 5.92 Å². The third-order valence-electron chi connectivity index (χ3n) is 9.48. The number of hydrogen-bond acceptors (Lipinski definition) is 12. The third kappa shape index (κ3) is 8.12. The van der Waals surface area contributed by atoms with E-state index in [9.17, 15) is 24.3 Å². The van der Waals surface area contributed by atoms with Crippen LogP contribution in [0.2, 0.25) is 0 Å². The first-order valence-electron chi connectivity index (χ1n) is 17.8. The van der Waals surface area contributed by atoms with E-state index in [0.717, 1.165) is 16.7 Å². The van der Waals surface area contributed by atoms with Crippen LogP contribution in [0.15, 0.2) is 90.0 Å². The molecule has 0 aliphatic carbocycles. The van der Waals surface area contributed by atoms with Crippen molar-refractivity contribution < 1.29 is 47.9 Å². The summed E-state index contributed by atoms with van der Waals surface area (Å²) in [7, 11) is 4.56. The molecule has 0 radical (unpaired) electrons. The number of H-pyrrole nitrogens is 1. The number of methoxy groups -OCH3 is 3. The van der Waals surface area contributed by atoms with Crippen LogP contribution in [0.25, 0.3) is 11.2 Å². The number of nitrogens with zero attached hydrogens (tertiary/aromatic N) is 3. The van der Waals surface area contributed by atoms with Crippen LogP contribution in [0.1, 0.15) is 49.6 Å². The summed E-state index contributed by atoms with van der Waals surface area (Å²) < 4.78 is 38.0. The van der Waals surface area contributed by atoms with Crippen molar-refractivity contribution in [3.05, 3.63) is 112 Å². The van der Waals surface area contributed by atoms with Gasteiger partial charge in [-0.25, -0.2) is 4.98 Å². The number of rotatable bonds is 16. The summed E-state index contributed by atoms with van der Waals surface area (Å²) in [6, 6.07) is 24.4. The molecule has 16 nitrogen and oxygen atoms in total. The van der Waals surface area contributed by atoms with Crippen molar-refractivity contribution in [3.8, 4) is 11.5 Å². The Morgan fingerprint density at radius 3 is 2.05 bits per heavy atom. The first-order chi connectivity index (χ1) is 27.0. The average molecular weight is 770 g/mol. The Labute approximate surface area is 321 Å². The van der Waals surface area contributed by atoms with Gasteiger partial charge in [-0.3, -0.25) is 34.0 Å². The number of fused-ring (bicyclic) bond motifs is 1. The summed E-state index contributed by atoms with van der Waals surface area (Å²) >= 11 is 0.